The van der Waals surface area contributed by atoms with Gasteiger partial charge >= 0.3 is 0 Å². The fourth-order valence-corrected chi connectivity index (χ4v) is 2.86. The Morgan fingerprint density at radius 3 is 2.70 bits per heavy atom. The van der Waals surface area contributed by atoms with Gasteiger partial charge in [0.25, 0.3) is 0 Å². The van der Waals surface area contributed by atoms with Crippen molar-refractivity contribution in [2.45, 2.75) is 23.9 Å². The van der Waals surface area contributed by atoms with E-state index >= 15 is 0 Å². The van der Waals surface area contributed by atoms with Gasteiger partial charge in [0.15, 0.2) is 16.7 Å². The molecule has 23 heavy (non-hydrogen) atoms. The Balaban J connectivity index is 1.92. The highest BCUT2D eigenvalue weighted by molar-refractivity contribution is 8.00. The van der Waals surface area contributed by atoms with Crippen LogP contribution in [0.1, 0.15) is 12.5 Å². The zero-order chi connectivity index (χ0) is 16.8. The van der Waals surface area contributed by atoms with Gasteiger partial charge in [0.1, 0.15) is 0 Å². The molecule has 0 bridgehead atoms. The molecule has 0 aliphatic heterocycles. The number of carbonyl (C=O) groups excluding carboxylic acids is 1. The molecule has 0 aliphatic carbocycles. The summed E-state index contributed by atoms with van der Waals surface area (Å²) in [5.41, 5.74) is 0.949. The highest BCUT2D eigenvalue weighted by atomic mass is 32.2. The fraction of sp³-hybridized carbons (Fsp3) is 0.375. The van der Waals surface area contributed by atoms with Crippen LogP contribution in [-0.2, 0) is 18.4 Å². The number of carbonyl (C=O) groups is 1. The molecule has 2 rings (SSSR count). The average molecular weight is 335 g/mol. The molecule has 7 heteroatoms. The summed E-state index contributed by atoms with van der Waals surface area (Å²) < 4.78 is 12.4. The van der Waals surface area contributed by atoms with Crippen LogP contribution in [0.3, 0.4) is 0 Å². The third-order valence-corrected chi connectivity index (χ3v) is 4.51. The van der Waals surface area contributed by atoms with Gasteiger partial charge in [-0.15, -0.1) is 0 Å². The van der Waals surface area contributed by atoms with Gasteiger partial charge in [-0.2, -0.15) is 0 Å². The molecule has 0 saturated carbocycles. The van der Waals surface area contributed by atoms with E-state index in [1.165, 1.54) is 11.8 Å². The summed E-state index contributed by atoms with van der Waals surface area (Å²) >= 11 is 1.43. The number of aryl methyl sites for hydroxylation is 1. The summed E-state index contributed by atoms with van der Waals surface area (Å²) in [6, 6.07) is 5.58. The molecular formula is C16H21N3O3S. The van der Waals surface area contributed by atoms with Crippen molar-refractivity contribution >= 4 is 17.7 Å². The number of ether oxygens (including phenoxy) is 2. The second-order valence-corrected chi connectivity index (χ2v) is 6.30. The van der Waals surface area contributed by atoms with Crippen molar-refractivity contribution in [1.29, 1.82) is 0 Å². The lowest BCUT2D eigenvalue weighted by molar-refractivity contribution is -0.120. The largest absolute Gasteiger partial charge is 0.493 e. The topological polar surface area (TPSA) is 65.4 Å². The van der Waals surface area contributed by atoms with E-state index in [2.05, 4.69) is 10.3 Å². The molecule has 124 valence electrons. The van der Waals surface area contributed by atoms with Crippen molar-refractivity contribution in [2.75, 3.05) is 14.2 Å². The smallest absolute Gasteiger partial charge is 0.233 e. The van der Waals surface area contributed by atoms with Crippen molar-refractivity contribution in [1.82, 2.24) is 14.9 Å². The lowest BCUT2D eigenvalue weighted by Gasteiger charge is -2.13. The number of nitrogens with one attached hydrogen (secondary N) is 1. The maximum absolute atomic E-state index is 12.2. The number of aromatic nitrogens is 2. The molecule has 0 aliphatic rings. The predicted molar refractivity (Wildman–Crippen MR) is 89.9 cm³/mol. The Hall–Kier alpha value is -2.15. The number of hydrogen-bond acceptors (Lipinski definition) is 5. The van der Waals surface area contributed by atoms with Gasteiger partial charge in [0.05, 0.1) is 19.5 Å². The molecular weight excluding hydrogens is 314 g/mol. The standard InChI is InChI=1S/C16H21N3O3S/c1-11(23-16-17-7-8-19(16)2)15(20)18-10-12-5-6-13(21-3)14(9-12)22-4/h5-9,11H,10H2,1-4H3,(H,18,20). The Kier molecular flexibility index (Phi) is 5.92. The van der Waals surface area contributed by atoms with Gasteiger partial charge in [-0.25, -0.2) is 4.98 Å². The van der Waals surface area contributed by atoms with Gasteiger partial charge in [0.2, 0.25) is 5.91 Å². The lowest BCUT2D eigenvalue weighted by atomic mass is 10.2. The van der Waals surface area contributed by atoms with Crippen LogP contribution in [0.5, 0.6) is 11.5 Å². The Labute approximate surface area is 140 Å². The SMILES string of the molecule is COc1ccc(CNC(=O)C(C)Sc2nccn2C)cc1OC. The number of rotatable bonds is 7. The van der Waals surface area contributed by atoms with Crippen LogP contribution in [0.25, 0.3) is 0 Å². The molecule has 0 fully saturated rings. The molecule has 2 aromatic rings. The molecule has 1 unspecified atom stereocenters. The summed E-state index contributed by atoms with van der Waals surface area (Å²) in [6.45, 7) is 2.30. The van der Waals surface area contributed by atoms with E-state index in [-0.39, 0.29) is 11.2 Å². The van der Waals surface area contributed by atoms with E-state index < -0.39 is 0 Å². The number of nitrogens with zero attached hydrogens (tertiary/aromatic N) is 2. The van der Waals surface area contributed by atoms with Gasteiger partial charge in [-0.05, 0) is 24.6 Å². The summed E-state index contributed by atoms with van der Waals surface area (Å²) in [6.07, 6.45) is 3.58. The first-order valence-electron chi connectivity index (χ1n) is 7.17. The molecule has 1 heterocycles. The number of thioether (sulfide) groups is 1. The minimum absolute atomic E-state index is 0.0345. The summed E-state index contributed by atoms with van der Waals surface area (Å²) in [5.74, 6) is 1.28. The minimum atomic E-state index is -0.226. The van der Waals surface area contributed by atoms with Crippen molar-refractivity contribution < 1.29 is 14.3 Å². The number of benzene rings is 1. The quantitative estimate of drug-likeness (QED) is 0.786. The number of methoxy groups -OCH3 is 2. The normalized spacial score (nSPS) is 11.8. The Bertz CT molecular complexity index is 672. The zero-order valence-corrected chi connectivity index (χ0v) is 14.5. The van der Waals surface area contributed by atoms with Gasteiger partial charge in [-0.3, -0.25) is 4.79 Å². The molecule has 1 aromatic heterocycles. The fourth-order valence-electron chi connectivity index (χ4n) is 2.00. The third kappa shape index (κ3) is 4.41. The average Bonchev–Trinajstić information content (AvgIpc) is 2.97. The van der Waals surface area contributed by atoms with Crippen molar-refractivity contribution in [2.24, 2.45) is 7.05 Å². The van der Waals surface area contributed by atoms with Gasteiger partial charge in [0, 0.05) is 26.0 Å². The highest BCUT2D eigenvalue weighted by Gasteiger charge is 2.16. The van der Waals surface area contributed by atoms with Crippen LogP contribution < -0.4 is 14.8 Å². The van der Waals surface area contributed by atoms with Crippen LogP contribution >= 0.6 is 11.8 Å². The van der Waals surface area contributed by atoms with Crippen molar-refractivity contribution in [3.8, 4) is 11.5 Å². The molecule has 1 atom stereocenters. The molecule has 0 saturated heterocycles. The van der Waals surface area contributed by atoms with E-state index in [0.29, 0.717) is 18.0 Å². The Morgan fingerprint density at radius 2 is 2.09 bits per heavy atom. The molecule has 0 radical (unpaired) electrons. The van der Waals surface area contributed by atoms with Crippen LogP contribution in [0, 0.1) is 0 Å². The number of imidazole rings is 1. The van der Waals surface area contributed by atoms with Crippen molar-refractivity contribution in [3.05, 3.63) is 36.2 Å². The second kappa shape index (κ2) is 7.92. The Morgan fingerprint density at radius 1 is 1.35 bits per heavy atom. The zero-order valence-electron chi connectivity index (χ0n) is 13.7. The molecule has 1 amide bonds. The van der Waals surface area contributed by atoms with Crippen molar-refractivity contribution in [3.63, 3.8) is 0 Å². The summed E-state index contributed by atoms with van der Waals surface area (Å²) in [5, 5.41) is 3.52. The maximum atomic E-state index is 12.2. The van der Waals surface area contributed by atoms with E-state index in [1.54, 1.807) is 20.4 Å². The van der Waals surface area contributed by atoms with Gasteiger partial charge in [-0.1, -0.05) is 17.8 Å². The third-order valence-electron chi connectivity index (χ3n) is 3.34. The lowest BCUT2D eigenvalue weighted by Crippen LogP contribution is -2.30. The predicted octanol–water partition coefficient (Wildman–Crippen LogP) is 2.23. The first-order valence-corrected chi connectivity index (χ1v) is 8.05. The van der Waals surface area contributed by atoms with E-state index in [1.807, 2.05) is 42.9 Å². The molecule has 1 N–H and O–H groups in total. The number of hydrogen-bond donors (Lipinski definition) is 1. The highest BCUT2D eigenvalue weighted by Crippen LogP contribution is 2.27. The van der Waals surface area contributed by atoms with Crippen LogP contribution in [0.2, 0.25) is 0 Å². The molecule has 1 aromatic carbocycles. The second-order valence-electron chi connectivity index (χ2n) is 4.99. The first-order chi connectivity index (χ1) is 11.0. The van der Waals surface area contributed by atoms with E-state index in [4.69, 9.17) is 9.47 Å². The van der Waals surface area contributed by atoms with E-state index in [0.717, 1.165) is 10.7 Å². The van der Waals surface area contributed by atoms with Crippen LogP contribution in [0.4, 0.5) is 0 Å². The minimum Gasteiger partial charge on any atom is -0.493 e. The summed E-state index contributed by atoms with van der Waals surface area (Å²) in [4.78, 5) is 16.4. The molecule has 6 nitrogen and oxygen atoms in total. The van der Waals surface area contributed by atoms with E-state index in [9.17, 15) is 4.79 Å². The van der Waals surface area contributed by atoms with Crippen LogP contribution in [0.15, 0.2) is 35.7 Å². The van der Waals surface area contributed by atoms with Gasteiger partial charge < -0.3 is 19.4 Å². The molecule has 0 spiro atoms. The first kappa shape index (κ1) is 17.2. The maximum Gasteiger partial charge on any atom is 0.233 e. The monoisotopic (exact) mass is 335 g/mol. The summed E-state index contributed by atoms with van der Waals surface area (Å²) in [7, 11) is 5.09. The number of amides is 1. The van der Waals surface area contributed by atoms with Crippen LogP contribution in [-0.4, -0.2) is 34.9 Å².